The average molecular weight is 349 g/mol. The van der Waals surface area contributed by atoms with Gasteiger partial charge in [0.05, 0.1) is 0 Å². The number of aryl methyl sites for hydroxylation is 2. The van der Waals surface area contributed by atoms with E-state index in [4.69, 9.17) is 9.15 Å². The molecule has 1 heterocycles. The van der Waals surface area contributed by atoms with Gasteiger partial charge in [0.25, 0.3) is 0 Å². The zero-order chi connectivity index (χ0) is 18.1. The molecule has 1 saturated carbocycles. The van der Waals surface area contributed by atoms with E-state index in [1.165, 1.54) is 0 Å². The molecule has 1 aliphatic carbocycles. The maximum absolute atomic E-state index is 11.8. The molecule has 4 rings (SSSR count). The van der Waals surface area contributed by atoms with Crippen LogP contribution < -0.4 is 10.1 Å². The van der Waals surface area contributed by atoms with Gasteiger partial charge in [-0.3, -0.25) is 0 Å². The molecular formula is C20H19N3O3. The summed E-state index contributed by atoms with van der Waals surface area (Å²) in [5.74, 6) is 1.56. The Bertz CT molecular complexity index is 943. The SMILES string of the molecule is Cc1nnc(-c2ccc(-c3cc(OC(=O)NC4CC4)ccc3C)cc2)o1. The first-order valence-corrected chi connectivity index (χ1v) is 8.58. The number of aromatic nitrogens is 2. The van der Waals surface area contributed by atoms with Crippen molar-refractivity contribution in [1.82, 2.24) is 15.5 Å². The molecule has 0 bridgehead atoms. The fourth-order valence-electron chi connectivity index (χ4n) is 2.71. The molecule has 0 spiro atoms. The third-order valence-electron chi connectivity index (χ3n) is 4.29. The lowest BCUT2D eigenvalue weighted by molar-refractivity contribution is 0.200. The number of carbonyl (C=O) groups excluding carboxylic acids is 1. The van der Waals surface area contributed by atoms with Crippen LogP contribution in [0.5, 0.6) is 5.75 Å². The average Bonchev–Trinajstić information content (AvgIpc) is 3.34. The lowest BCUT2D eigenvalue weighted by Crippen LogP contribution is -2.28. The van der Waals surface area contributed by atoms with E-state index in [9.17, 15) is 4.79 Å². The largest absolute Gasteiger partial charge is 0.421 e. The molecule has 0 saturated heterocycles. The van der Waals surface area contributed by atoms with Gasteiger partial charge in [-0.15, -0.1) is 10.2 Å². The van der Waals surface area contributed by atoms with Crippen molar-refractivity contribution in [3.63, 3.8) is 0 Å². The van der Waals surface area contributed by atoms with Gasteiger partial charge in [0.1, 0.15) is 5.75 Å². The molecule has 132 valence electrons. The van der Waals surface area contributed by atoms with Gasteiger partial charge in [-0.25, -0.2) is 4.79 Å². The maximum Gasteiger partial charge on any atom is 0.412 e. The summed E-state index contributed by atoms with van der Waals surface area (Å²) < 4.78 is 10.8. The molecule has 0 radical (unpaired) electrons. The van der Waals surface area contributed by atoms with E-state index in [2.05, 4.69) is 15.5 Å². The highest BCUT2D eigenvalue weighted by Gasteiger charge is 2.24. The second kappa shape index (κ2) is 6.63. The monoisotopic (exact) mass is 349 g/mol. The molecule has 26 heavy (non-hydrogen) atoms. The Morgan fingerprint density at radius 1 is 1.08 bits per heavy atom. The summed E-state index contributed by atoms with van der Waals surface area (Å²) in [6.45, 7) is 3.79. The molecule has 6 heteroatoms. The summed E-state index contributed by atoms with van der Waals surface area (Å²) in [6.07, 6.45) is 1.66. The van der Waals surface area contributed by atoms with Crippen LogP contribution >= 0.6 is 0 Å². The lowest BCUT2D eigenvalue weighted by atomic mass is 9.99. The predicted molar refractivity (Wildman–Crippen MR) is 96.8 cm³/mol. The highest BCUT2D eigenvalue weighted by Crippen LogP contribution is 2.30. The van der Waals surface area contributed by atoms with Gasteiger partial charge in [0.15, 0.2) is 0 Å². The second-order valence-corrected chi connectivity index (χ2v) is 6.49. The molecule has 0 unspecified atom stereocenters. The third kappa shape index (κ3) is 3.59. The van der Waals surface area contributed by atoms with Crippen molar-refractivity contribution in [3.05, 3.63) is 53.9 Å². The number of rotatable bonds is 4. The van der Waals surface area contributed by atoms with E-state index < -0.39 is 6.09 Å². The first-order chi connectivity index (χ1) is 12.6. The number of carbonyl (C=O) groups is 1. The normalized spacial score (nSPS) is 13.5. The van der Waals surface area contributed by atoms with Crippen LogP contribution in [0.1, 0.15) is 24.3 Å². The standard InChI is InChI=1S/C20H19N3O3/c1-12-3-10-17(26-20(24)21-16-8-9-16)11-18(12)14-4-6-15(7-5-14)19-23-22-13(2)25-19/h3-7,10-11,16H,8-9H2,1-2H3,(H,21,24). The number of ether oxygens (including phenoxy) is 1. The molecule has 1 aliphatic rings. The Morgan fingerprint density at radius 2 is 1.81 bits per heavy atom. The molecule has 6 nitrogen and oxygen atoms in total. The summed E-state index contributed by atoms with van der Waals surface area (Å²) in [7, 11) is 0. The number of hydrogen-bond acceptors (Lipinski definition) is 5. The molecule has 1 fully saturated rings. The molecule has 0 aliphatic heterocycles. The van der Waals surface area contributed by atoms with E-state index in [0.29, 0.717) is 17.5 Å². The molecular weight excluding hydrogens is 330 g/mol. The zero-order valence-corrected chi connectivity index (χ0v) is 14.7. The van der Waals surface area contributed by atoms with Gasteiger partial charge in [0.2, 0.25) is 11.8 Å². The van der Waals surface area contributed by atoms with Crippen molar-refractivity contribution < 1.29 is 13.9 Å². The Hall–Kier alpha value is -3.15. The van der Waals surface area contributed by atoms with Crippen LogP contribution in [0, 0.1) is 13.8 Å². The molecule has 1 aromatic heterocycles. The minimum Gasteiger partial charge on any atom is -0.421 e. The lowest BCUT2D eigenvalue weighted by Gasteiger charge is -2.10. The maximum atomic E-state index is 11.8. The summed E-state index contributed by atoms with van der Waals surface area (Å²) in [5, 5.41) is 10.7. The van der Waals surface area contributed by atoms with Crippen LogP contribution in [-0.4, -0.2) is 22.3 Å². The van der Waals surface area contributed by atoms with Crippen molar-refractivity contribution in [2.24, 2.45) is 0 Å². The van der Waals surface area contributed by atoms with Gasteiger partial charge in [-0.05, 0) is 60.7 Å². The van der Waals surface area contributed by atoms with Crippen molar-refractivity contribution >= 4 is 6.09 Å². The first kappa shape index (κ1) is 16.3. The Labute approximate surface area is 151 Å². The molecule has 0 atom stereocenters. The van der Waals surface area contributed by atoms with Crippen molar-refractivity contribution in [2.45, 2.75) is 32.7 Å². The molecule has 1 amide bonds. The van der Waals surface area contributed by atoms with Crippen LogP contribution in [0.2, 0.25) is 0 Å². The van der Waals surface area contributed by atoms with Crippen LogP contribution in [0.25, 0.3) is 22.6 Å². The molecule has 3 aromatic rings. The molecule has 2 aromatic carbocycles. The van der Waals surface area contributed by atoms with E-state index in [1.807, 2.05) is 43.3 Å². The molecule has 1 N–H and O–H groups in total. The van der Waals surface area contributed by atoms with E-state index in [1.54, 1.807) is 13.0 Å². The van der Waals surface area contributed by atoms with Crippen LogP contribution in [0.3, 0.4) is 0 Å². The smallest absolute Gasteiger partial charge is 0.412 e. The highest BCUT2D eigenvalue weighted by molar-refractivity contribution is 5.74. The Morgan fingerprint density at radius 3 is 2.46 bits per heavy atom. The summed E-state index contributed by atoms with van der Waals surface area (Å²) in [6, 6.07) is 13.8. The van der Waals surface area contributed by atoms with Gasteiger partial charge in [0, 0.05) is 18.5 Å². The zero-order valence-electron chi connectivity index (χ0n) is 14.7. The number of nitrogens with one attached hydrogen (secondary N) is 1. The van der Waals surface area contributed by atoms with Crippen LogP contribution in [-0.2, 0) is 0 Å². The third-order valence-corrected chi connectivity index (χ3v) is 4.29. The van der Waals surface area contributed by atoms with Crippen molar-refractivity contribution in [1.29, 1.82) is 0 Å². The summed E-state index contributed by atoms with van der Waals surface area (Å²) in [5.41, 5.74) is 4.00. The Balaban J connectivity index is 1.56. The number of amides is 1. The van der Waals surface area contributed by atoms with Gasteiger partial charge in [-0.1, -0.05) is 18.2 Å². The van der Waals surface area contributed by atoms with E-state index in [-0.39, 0.29) is 6.04 Å². The predicted octanol–water partition coefficient (Wildman–Crippen LogP) is 4.27. The van der Waals surface area contributed by atoms with Gasteiger partial charge < -0.3 is 14.5 Å². The highest BCUT2D eigenvalue weighted by atomic mass is 16.6. The van der Waals surface area contributed by atoms with Crippen molar-refractivity contribution in [2.75, 3.05) is 0 Å². The van der Waals surface area contributed by atoms with Gasteiger partial charge >= 0.3 is 6.09 Å². The fourth-order valence-corrected chi connectivity index (χ4v) is 2.71. The topological polar surface area (TPSA) is 77.2 Å². The minimum atomic E-state index is -0.399. The van der Waals surface area contributed by atoms with Crippen molar-refractivity contribution in [3.8, 4) is 28.3 Å². The number of nitrogens with zero attached hydrogens (tertiary/aromatic N) is 2. The summed E-state index contributed by atoms with van der Waals surface area (Å²) >= 11 is 0. The second-order valence-electron chi connectivity index (χ2n) is 6.49. The quantitative estimate of drug-likeness (QED) is 0.761. The van der Waals surface area contributed by atoms with E-state index in [0.717, 1.165) is 35.1 Å². The van der Waals surface area contributed by atoms with E-state index >= 15 is 0 Å². The Kier molecular flexibility index (Phi) is 4.16. The number of hydrogen-bond donors (Lipinski definition) is 1. The number of benzene rings is 2. The first-order valence-electron chi connectivity index (χ1n) is 8.58. The minimum absolute atomic E-state index is 0.272. The van der Waals surface area contributed by atoms with Crippen LogP contribution in [0.15, 0.2) is 46.9 Å². The fraction of sp³-hybridized carbons (Fsp3) is 0.250. The summed E-state index contributed by atoms with van der Waals surface area (Å²) in [4.78, 5) is 11.8. The van der Waals surface area contributed by atoms with Gasteiger partial charge in [-0.2, -0.15) is 0 Å². The van der Waals surface area contributed by atoms with Crippen LogP contribution in [0.4, 0.5) is 4.79 Å².